The fourth-order valence-corrected chi connectivity index (χ4v) is 2.24. The lowest BCUT2D eigenvalue weighted by atomic mass is 9.87. The molecule has 0 aliphatic heterocycles. The molecule has 0 unspecified atom stereocenters. The average Bonchev–Trinajstić information content (AvgIpc) is 2.62. The van der Waals surface area contributed by atoms with Gasteiger partial charge in [0.2, 0.25) is 0 Å². The summed E-state index contributed by atoms with van der Waals surface area (Å²) in [6.45, 7) is 6.35. The van der Waals surface area contributed by atoms with Crippen LogP contribution in [0.15, 0.2) is 60.3 Å². The first-order valence-electron chi connectivity index (χ1n) is 8.24. The Labute approximate surface area is 157 Å². The zero-order chi connectivity index (χ0) is 20.0. The quantitative estimate of drug-likeness (QED) is 0.355. The van der Waals surface area contributed by atoms with Gasteiger partial charge in [-0.2, -0.15) is 5.26 Å². The van der Waals surface area contributed by atoms with Gasteiger partial charge in [0.25, 0.3) is 11.6 Å². The van der Waals surface area contributed by atoms with E-state index >= 15 is 0 Å². The normalized spacial score (nSPS) is 11.4. The molecule has 0 aliphatic rings. The first kappa shape index (κ1) is 19.7. The second-order valence-corrected chi connectivity index (χ2v) is 6.90. The largest absolute Gasteiger partial charge is 0.360 e. The number of hydrogen-bond acceptors (Lipinski definition) is 5. The van der Waals surface area contributed by atoms with Crippen molar-refractivity contribution in [2.24, 2.45) is 0 Å². The van der Waals surface area contributed by atoms with E-state index < -0.39 is 10.8 Å². The average molecular weight is 364 g/mol. The van der Waals surface area contributed by atoms with Gasteiger partial charge in [-0.3, -0.25) is 14.9 Å². The molecule has 0 bridgehead atoms. The zero-order valence-corrected chi connectivity index (χ0v) is 15.3. The van der Waals surface area contributed by atoms with E-state index in [1.54, 1.807) is 0 Å². The molecule has 27 heavy (non-hydrogen) atoms. The van der Waals surface area contributed by atoms with Crippen LogP contribution in [0.5, 0.6) is 0 Å². The lowest BCUT2D eigenvalue weighted by Crippen LogP contribution is -2.14. The van der Waals surface area contributed by atoms with Crippen LogP contribution in [0.1, 0.15) is 26.3 Å². The Bertz CT molecular complexity index is 902. The second kappa shape index (κ2) is 8.15. The minimum Gasteiger partial charge on any atom is -0.360 e. The summed E-state index contributed by atoms with van der Waals surface area (Å²) in [7, 11) is 0. The van der Waals surface area contributed by atoms with Gasteiger partial charge in [-0.15, -0.1) is 0 Å². The number of carbonyl (C=O) groups excluding carboxylic acids is 1. The lowest BCUT2D eigenvalue weighted by Gasteiger charge is -2.19. The molecular formula is C20H20N4O3. The van der Waals surface area contributed by atoms with Crippen LogP contribution in [0.25, 0.3) is 0 Å². The van der Waals surface area contributed by atoms with Gasteiger partial charge in [0, 0.05) is 29.7 Å². The van der Waals surface area contributed by atoms with Crippen LogP contribution in [0.3, 0.4) is 0 Å². The van der Waals surface area contributed by atoms with Crippen LogP contribution in [0, 0.1) is 21.4 Å². The Kier molecular flexibility index (Phi) is 5.93. The Morgan fingerprint density at radius 2 is 1.63 bits per heavy atom. The Balaban J connectivity index is 2.05. The third-order valence-electron chi connectivity index (χ3n) is 3.84. The van der Waals surface area contributed by atoms with E-state index in [1.165, 1.54) is 36.0 Å². The van der Waals surface area contributed by atoms with E-state index in [1.807, 2.05) is 30.3 Å². The molecule has 7 nitrogen and oxygen atoms in total. The van der Waals surface area contributed by atoms with E-state index in [9.17, 15) is 20.2 Å². The van der Waals surface area contributed by atoms with Crippen LogP contribution in [0.2, 0.25) is 0 Å². The first-order valence-corrected chi connectivity index (χ1v) is 8.24. The Hall–Kier alpha value is -3.66. The molecule has 7 heteroatoms. The number of anilines is 2. The summed E-state index contributed by atoms with van der Waals surface area (Å²) in [4.78, 5) is 22.3. The van der Waals surface area contributed by atoms with Crippen LogP contribution in [0.4, 0.5) is 17.1 Å². The number of amides is 1. The van der Waals surface area contributed by atoms with Crippen molar-refractivity contribution in [1.82, 2.24) is 0 Å². The van der Waals surface area contributed by atoms with Crippen molar-refractivity contribution >= 4 is 23.0 Å². The lowest BCUT2D eigenvalue weighted by molar-refractivity contribution is -0.384. The van der Waals surface area contributed by atoms with Crippen molar-refractivity contribution < 1.29 is 9.72 Å². The maximum atomic E-state index is 12.2. The first-order chi connectivity index (χ1) is 12.7. The molecule has 0 atom stereocenters. The highest BCUT2D eigenvalue weighted by atomic mass is 16.6. The number of nitrogens with one attached hydrogen (secondary N) is 2. The standard InChI is InChI=1S/C20H20N4O3/c1-20(2,3)15-4-6-16(7-5-15)22-13-14(12-21)19(25)23-17-8-10-18(11-9-17)24(26)27/h4-11,13,22H,1-3H3,(H,23,25)/b14-13-. The van der Waals surface area contributed by atoms with E-state index in [0.717, 1.165) is 5.69 Å². The van der Waals surface area contributed by atoms with Gasteiger partial charge < -0.3 is 10.6 Å². The van der Waals surface area contributed by atoms with Gasteiger partial charge in [0.15, 0.2) is 0 Å². The number of nitriles is 1. The van der Waals surface area contributed by atoms with Crippen molar-refractivity contribution in [3.8, 4) is 6.07 Å². The Morgan fingerprint density at radius 3 is 2.11 bits per heavy atom. The van der Waals surface area contributed by atoms with Gasteiger partial charge in [-0.1, -0.05) is 32.9 Å². The number of hydrogen-bond donors (Lipinski definition) is 2. The molecule has 0 saturated carbocycles. The number of carbonyl (C=O) groups is 1. The molecule has 2 rings (SSSR count). The maximum absolute atomic E-state index is 12.2. The molecule has 0 heterocycles. The maximum Gasteiger partial charge on any atom is 0.269 e. The predicted molar refractivity (Wildman–Crippen MR) is 104 cm³/mol. The highest BCUT2D eigenvalue weighted by Crippen LogP contribution is 2.23. The monoisotopic (exact) mass is 364 g/mol. The van der Waals surface area contributed by atoms with Crippen LogP contribution < -0.4 is 10.6 Å². The summed E-state index contributed by atoms with van der Waals surface area (Å²) in [5, 5.41) is 25.3. The van der Waals surface area contributed by atoms with Crippen molar-refractivity contribution in [1.29, 1.82) is 5.26 Å². The van der Waals surface area contributed by atoms with Crippen molar-refractivity contribution in [2.45, 2.75) is 26.2 Å². The summed E-state index contributed by atoms with van der Waals surface area (Å²) in [5.41, 5.74) is 2.13. The van der Waals surface area contributed by atoms with Gasteiger partial charge in [-0.25, -0.2) is 0 Å². The molecule has 0 fully saturated rings. The molecular weight excluding hydrogens is 344 g/mol. The van der Waals surface area contributed by atoms with E-state index in [-0.39, 0.29) is 16.7 Å². The molecule has 0 aliphatic carbocycles. The Morgan fingerprint density at radius 1 is 1.07 bits per heavy atom. The number of benzene rings is 2. The summed E-state index contributed by atoms with van der Waals surface area (Å²) < 4.78 is 0. The summed E-state index contributed by atoms with van der Waals surface area (Å²) in [6.07, 6.45) is 1.33. The van der Waals surface area contributed by atoms with E-state index in [4.69, 9.17) is 0 Å². The molecule has 2 aromatic rings. The van der Waals surface area contributed by atoms with E-state index in [2.05, 4.69) is 31.4 Å². The molecule has 0 saturated heterocycles. The molecule has 138 valence electrons. The fraction of sp³-hybridized carbons (Fsp3) is 0.200. The molecule has 0 spiro atoms. The van der Waals surface area contributed by atoms with E-state index in [0.29, 0.717) is 5.69 Å². The predicted octanol–water partition coefficient (Wildman–Crippen LogP) is 4.35. The summed E-state index contributed by atoms with van der Waals surface area (Å²) in [5.74, 6) is -0.606. The minimum absolute atomic E-state index is 0.0385. The van der Waals surface area contributed by atoms with Gasteiger partial charge >= 0.3 is 0 Å². The van der Waals surface area contributed by atoms with Crippen molar-refractivity contribution in [3.63, 3.8) is 0 Å². The third-order valence-corrected chi connectivity index (χ3v) is 3.84. The zero-order valence-electron chi connectivity index (χ0n) is 15.3. The molecule has 2 N–H and O–H groups in total. The minimum atomic E-state index is -0.606. The van der Waals surface area contributed by atoms with Crippen LogP contribution in [-0.4, -0.2) is 10.8 Å². The van der Waals surface area contributed by atoms with Crippen molar-refractivity contribution in [2.75, 3.05) is 10.6 Å². The number of nitrogens with zero attached hydrogens (tertiary/aromatic N) is 2. The topological polar surface area (TPSA) is 108 Å². The van der Waals surface area contributed by atoms with Crippen molar-refractivity contribution in [3.05, 3.63) is 76.0 Å². The summed E-state index contributed by atoms with van der Waals surface area (Å²) in [6, 6.07) is 14.9. The SMILES string of the molecule is CC(C)(C)c1ccc(N/C=C(/C#N)C(=O)Nc2ccc([N+](=O)[O-])cc2)cc1. The molecule has 0 aromatic heterocycles. The highest BCUT2D eigenvalue weighted by Gasteiger charge is 2.13. The molecule has 2 aromatic carbocycles. The van der Waals surface area contributed by atoms with Crippen LogP contribution >= 0.6 is 0 Å². The number of nitro groups is 1. The third kappa shape index (κ3) is 5.41. The highest BCUT2D eigenvalue weighted by molar-refractivity contribution is 6.06. The van der Waals surface area contributed by atoms with Crippen LogP contribution in [-0.2, 0) is 10.2 Å². The summed E-state index contributed by atoms with van der Waals surface area (Å²) >= 11 is 0. The smallest absolute Gasteiger partial charge is 0.269 e. The molecule has 0 radical (unpaired) electrons. The second-order valence-electron chi connectivity index (χ2n) is 6.90. The van der Waals surface area contributed by atoms with Gasteiger partial charge in [-0.05, 0) is 35.2 Å². The number of rotatable bonds is 5. The number of non-ortho nitro benzene ring substituents is 1. The molecule has 1 amide bonds. The number of nitro benzene ring substituents is 1. The fourth-order valence-electron chi connectivity index (χ4n) is 2.24. The van der Waals surface area contributed by atoms with Gasteiger partial charge in [0.05, 0.1) is 4.92 Å². The van der Waals surface area contributed by atoms with Gasteiger partial charge in [0.1, 0.15) is 11.6 Å².